The SMILES string of the molecule is COCCCN(C(=O)c1cccc2ccccc12)C(C)c1nc2ccccc2c(=O)n1-c1ccc(C)cc1. The number of para-hydroxylation sites is 1. The lowest BCUT2D eigenvalue weighted by Gasteiger charge is -2.31. The average Bonchev–Trinajstić information content (AvgIpc) is 2.95. The van der Waals surface area contributed by atoms with Crippen molar-refractivity contribution in [3.8, 4) is 5.69 Å². The minimum atomic E-state index is -0.489. The van der Waals surface area contributed by atoms with Gasteiger partial charge < -0.3 is 9.64 Å². The van der Waals surface area contributed by atoms with Gasteiger partial charge in [-0.25, -0.2) is 4.98 Å². The molecule has 0 N–H and O–H groups in total. The first-order valence-corrected chi connectivity index (χ1v) is 12.9. The van der Waals surface area contributed by atoms with Crippen LogP contribution in [0.15, 0.2) is 95.8 Å². The van der Waals surface area contributed by atoms with E-state index in [0.29, 0.717) is 41.9 Å². The number of hydrogen-bond donors (Lipinski definition) is 0. The van der Waals surface area contributed by atoms with Gasteiger partial charge in [0.2, 0.25) is 0 Å². The second-order valence-electron chi connectivity index (χ2n) is 9.51. The lowest BCUT2D eigenvalue weighted by atomic mass is 10.0. The second-order valence-corrected chi connectivity index (χ2v) is 9.51. The average molecular weight is 506 g/mol. The maximum atomic E-state index is 14.2. The zero-order valence-electron chi connectivity index (χ0n) is 21.9. The van der Waals surface area contributed by atoms with Crippen molar-refractivity contribution in [2.45, 2.75) is 26.3 Å². The Morgan fingerprint density at radius 3 is 2.37 bits per heavy atom. The van der Waals surface area contributed by atoms with Gasteiger partial charge in [0.15, 0.2) is 0 Å². The van der Waals surface area contributed by atoms with Crippen LogP contribution in [0.1, 0.15) is 41.1 Å². The Balaban J connectivity index is 1.68. The smallest absolute Gasteiger partial charge is 0.266 e. The molecular weight excluding hydrogens is 474 g/mol. The van der Waals surface area contributed by atoms with Crippen molar-refractivity contribution in [2.75, 3.05) is 20.3 Å². The molecule has 0 fully saturated rings. The van der Waals surface area contributed by atoms with Crippen LogP contribution in [-0.4, -0.2) is 40.6 Å². The van der Waals surface area contributed by atoms with Crippen molar-refractivity contribution in [1.82, 2.24) is 14.5 Å². The third-order valence-corrected chi connectivity index (χ3v) is 6.96. The number of ether oxygens (including phenoxy) is 1. The highest BCUT2D eigenvalue weighted by atomic mass is 16.5. The van der Waals surface area contributed by atoms with Crippen LogP contribution >= 0.6 is 0 Å². The van der Waals surface area contributed by atoms with Gasteiger partial charge >= 0.3 is 0 Å². The fourth-order valence-corrected chi connectivity index (χ4v) is 4.93. The molecule has 5 aromatic rings. The number of carbonyl (C=O) groups excluding carboxylic acids is 1. The Bertz CT molecular complexity index is 1650. The van der Waals surface area contributed by atoms with Gasteiger partial charge in [-0.3, -0.25) is 14.2 Å². The number of rotatable bonds is 8. The zero-order chi connectivity index (χ0) is 26.6. The van der Waals surface area contributed by atoms with Gasteiger partial charge in [0, 0.05) is 25.8 Å². The maximum absolute atomic E-state index is 14.2. The van der Waals surface area contributed by atoms with Crippen molar-refractivity contribution in [2.24, 2.45) is 0 Å². The molecule has 0 spiro atoms. The van der Waals surface area contributed by atoms with Crippen molar-refractivity contribution < 1.29 is 9.53 Å². The molecule has 6 heteroatoms. The Hall–Kier alpha value is -4.29. The van der Waals surface area contributed by atoms with Gasteiger partial charge in [-0.15, -0.1) is 0 Å². The molecule has 0 bridgehead atoms. The number of hydrogen-bond acceptors (Lipinski definition) is 4. The molecule has 1 amide bonds. The summed E-state index contributed by atoms with van der Waals surface area (Å²) < 4.78 is 6.95. The summed E-state index contributed by atoms with van der Waals surface area (Å²) in [7, 11) is 1.65. The standard InChI is InChI=1S/C32H31N3O3/c1-22-16-18-25(19-17-22)35-30(33-29-15-7-6-13-28(29)32(35)37)23(2)34(20-9-21-38-3)31(36)27-14-8-11-24-10-4-5-12-26(24)27/h4-8,10-19,23H,9,20-21H2,1-3H3. The quantitative estimate of drug-likeness (QED) is 0.240. The second kappa shape index (κ2) is 11.0. The monoisotopic (exact) mass is 505 g/mol. The van der Waals surface area contributed by atoms with E-state index in [0.717, 1.165) is 22.0 Å². The summed E-state index contributed by atoms with van der Waals surface area (Å²) in [6.07, 6.45) is 0.652. The Kier molecular flexibility index (Phi) is 7.33. The van der Waals surface area contributed by atoms with E-state index < -0.39 is 6.04 Å². The molecule has 0 saturated carbocycles. The predicted molar refractivity (Wildman–Crippen MR) is 152 cm³/mol. The number of aromatic nitrogens is 2. The van der Waals surface area contributed by atoms with E-state index in [4.69, 9.17) is 9.72 Å². The van der Waals surface area contributed by atoms with Crippen LogP contribution in [0.2, 0.25) is 0 Å². The molecule has 1 unspecified atom stereocenters. The number of aryl methyl sites for hydroxylation is 1. The predicted octanol–water partition coefficient (Wildman–Crippen LogP) is 6.09. The van der Waals surface area contributed by atoms with E-state index in [9.17, 15) is 9.59 Å². The highest BCUT2D eigenvalue weighted by molar-refractivity contribution is 6.07. The van der Waals surface area contributed by atoms with Crippen molar-refractivity contribution in [3.05, 3.63) is 118 Å². The first-order valence-electron chi connectivity index (χ1n) is 12.9. The summed E-state index contributed by atoms with van der Waals surface area (Å²) in [4.78, 5) is 34.8. The van der Waals surface area contributed by atoms with E-state index in [-0.39, 0.29) is 11.5 Å². The van der Waals surface area contributed by atoms with E-state index >= 15 is 0 Å². The number of methoxy groups -OCH3 is 1. The van der Waals surface area contributed by atoms with Gasteiger partial charge in [-0.1, -0.05) is 66.2 Å². The summed E-state index contributed by atoms with van der Waals surface area (Å²) in [5.74, 6) is 0.409. The summed E-state index contributed by atoms with van der Waals surface area (Å²) >= 11 is 0. The number of benzene rings is 4. The number of carbonyl (C=O) groups is 1. The largest absolute Gasteiger partial charge is 0.385 e. The molecule has 192 valence electrons. The molecule has 0 aliphatic rings. The molecule has 6 nitrogen and oxygen atoms in total. The summed E-state index contributed by atoms with van der Waals surface area (Å²) in [5.41, 5.74) is 2.89. The molecule has 38 heavy (non-hydrogen) atoms. The third-order valence-electron chi connectivity index (χ3n) is 6.96. The zero-order valence-corrected chi connectivity index (χ0v) is 21.9. The topological polar surface area (TPSA) is 64.4 Å². The van der Waals surface area contributed by atoms with Crippen LogP contribution in [0.4, 0.5) is 0 Å². The molecule has 5 rings (SSSR count). The number of fused-ring (bicyclic) bond motifs is 2. The first-order chi connectivity index (χ1) is 18.5. The van der Waals surface area contributed by atoms with Gasteiger partial charge in [0.1, 0.15) is 5.82 Å². The summed E-state index contributed by atoms with van der Waals surface area (Å²) in [5, 5.41) is 2.44. The van der Waals surface area contributed by atoms with Crippen molar-refractivity contribution in [1.29, 1.82) is 0 Å². The fraction of sp³-hybridized carbons (Fsp3) is 0.219. The van der Waals surface area contributed by atoms with Crippen LogP contribution in [0.5, 0.6) is 0 Å². The number of nitrogens with zero attached hydrogens (tertiary/aromatic N) is 3. The van der Waals surface area contributed by atoms with E-state index in [1.54, 1.807) is 17.7 Å². The molecule has 1 aromatic heterocycles. The highest BCUT2D eigenvalue weighted by Crippen LogP contribution is 2.27. The van der Waals surface area contributed by atoms with Gasteiger partial charge in [0.25, 0.3) is 11.5 Å². The van der Waals surface area contributed by atoms with Gasteiger partial charge in [-0.2, -0.15) is 0 Å². The minimum absolute atomic E-state index is 0.108. The lowest BCUT2D eigenvalue weighted by Crippen LogP contribution is -2.38. The normalized spacial score (nSPS) is 12.1. The van der Waals surface area contributed by atoms with Crippen LogP contribution in [0.25, 0.3) is 27.4 Å². The minimum Gasteiger partial charge on any atom is -0.385 e. The highest BCUT2D eigenvalue weighted by Gasteiger charge is 2.28. The molecule has 0 saturated heterocycles. The molecule has 0 aliphatic carbocycles. The number of amides is 1. The van der Waals surface area contributed by atoms with Crippen LogP contribution in [0, 0.1) is 6.92 Å². The molecule has 4 aromatic carbocycles. The molecule has 0 radical (unpaired) electrons. The fourth-order valence-electron chi connectivity index (χ4n) is 4.93. The van der Waals surface area contributed by atoms with E-state index in [2.05, 4.69) is 0 Å². The van der Waals surface area contributed by atoms with Crippen LogP contribution in [-0.2, 0) is 4.74 Å². The lowest BCUT2D eigenvalue weighted by molar-refractivity contribution is 0.0659. The van der Waals surface area contributed by atoms with Crippen molar-refractivity contribution >= 4 is 27.6 Å². The Morgan fingerprint density at radius 1 is 0.921 bits per heavy atom. The molecule has 1 heterocycles. The van der Waals surface area contributed by atoms with Crippen LogP contribution in [0.3, 0.4) is 0 Å². The summed E-state index contributed by atoms with van der Waals surface area (Å²) in [6, 6.07) is 28.3. The Labute approximate surface area is 222 Å². The summed E-state index contributed by atoms with van der Waals surface area (Å²) in [6.45, 7) is 4.92. The first kappa shape index (κ1) is 25.4. The van der Waals surface area contributed by atoms with E-state index in [1.807, 2.05) is 104 Å². The molecule has 0 aliphatic heterocycles. The Morgan fingerprint density at radius 2 is 1.61 bits per heavy atom. The van der Waals surface area contributed by atoms with E-state index in [1.165, 1.54) is 0 Å². The molecular formula is C32H31N3O3. The van der Waals surface area contributed by atoms with Gasteiger partial charge in [-0.05, 0) is 61.4 Å². The molecule has 1 atom stereocenters. The third kappa shape index (κ3) is 4.83. The maximum Gasteiger partial charge on any atom is 0.266 e. The van der Waals surface area contributed by atoms with Crippen LogP contribution < -0.4 is 5.56 Å². The van der Waals surface area contributed by atoms with Crippen molar-refractivity contribution in [3.63, 3.8) is 0 Å². The van der Waals surface area contributed by atoms with Gasteiger partial charge in [0.05, 0.1) is 22.6 Å².